The van der Waals surface area contributed by atoms with Crippen molar-refractivity contribution < 1.29 is 9.90 Å². The number of carboxylic acids is 1. The van der Waals surface area contributed by atoms with Crippen LogP contribution in [0.25, 0.3) is 10.7 Å². The van der Waals surface area contributed by atoms with Crippen LogP contribution in [-0.2, 0) is 11.3 Å². The van der Waals surface area contributed by atoms with Gasteiger partial charge in [-0.3, -0.25) is 15.1 Å². The maximum absolute atomic E-state index is 11.2. The van der Waals surface area contributed by atoms with E-state index < -0.39 is 12.0 Å². The van der Waals surface area contributed by atoms with Crippen LogP contribution in [0, 0.1) is 0 Å². The van der Waals surface area contributed by atoms with Crippen molar-refractivity contribution in [2.24, 2.45) is 0 Å². The van der Waals surface area contributed by atoms with Gasteiger partial charge in [0.25, 0.3) is 0 Å². The molecule has 21 heavy (non-hydrogen) atoms. The van der Waals surface area contributed by atoms with Crippen molar-refractivity contribution in [1.29, 1.82) is 0 Å². The van der Waals surface area contributed by atoms with Gasteiger partial charge in [0.05, 0.1) is 11.4 Å². The highest BCUT2D eigenvalue weighted by molar-refractivity contribution is 7.13. The van der Waals surface area contributed by atoms with Crippen LogP contribution in [0.3, 0.4) is 0 Å². The molecule has 0 unspecified atom stereocenters. The topological polar surface area (TPSA) is 75.1 Å². The average Bonchev–Trinajstić information content (AvgIpc) is 2.97. The maximum Gasteiger partial charge on any atom is 0.320 e. The number of thiazole rings is 1. The van der Waals surface area contributed by atoms with E-state index in [0.29, 0.717) is 13.0 Å². The van der Waals surface area contributed by atoms with Crippen LogP contribution in [0.4, 0.5) is 0 Å². The molecule has 0 aromatic carbocycles. The molecule has 5 nitrogen and oxygen atoms in total. The normalized spacial score (nSPS) is 12.2. The fraction of sp³-hybridized carbons (Fsp3) is 0.400. The zero-order valence-electron chi connectivity index (χ0n) is 12.0. The van der Waals surface area contributed by atoms with E-state index in [1.165, 1.54) is 11.3 Å². The van der Waals surface area contributed by atoms with Crippen molar-refractivity contribution in [3.63, 3.8) is 0 Å². The summed E-state index contributed by atoms with van der Waals surface area (Å²) in [6.45, 7) is 2.52. The van der Waals surface area contributed by atoms with Crippen LogP contribution in [0.2, 0.25) is 0 Å². The van der Waals surface area contributed by atoms with Gasteiger partial charge in [0.2, 0.25) is 0 Å². The Kier molecular flexibility index (Phi) is 5.83. The summed E-state index contributed by atoms with van der Waals surface area (Å²) < 4.78 is 0. The fourth-order valence-electron chi connectivity index (χ4n) is 1.94. The summed E-state index contributed by atoms with van der Waals surface area (Å²) >= 11 is 1.52. The largest absolute Gasteiger partial charge is 0.480 e. The number of aromatic nitrogens is 2. The second-order valence-corrected chi connectivity index (χ2v) is 5.63. The number of hydrogen-bond acceptors (Lipinski definition) is 5. The highest BCUT2D eigenvalue weighted by Gasteiger charge is 2.16. The second-order valence-electron chi connectivity index (χ2n) is 4.77. The number of hydrogen-bond donors (Lipinski definition) is 2. The predicted molar refractivity (Wildman–Crippen MR) is 83.1 cm³/mol. The number of rotatable bonds is 8. The van der Waals surface area contributed by atoms with Gasteiger partial charge < -0.3 is 5.11 Å². The molecule has 0 aliphatic heterocycles. The minimum Gasteiger partial charge on any atom is -0.480 e. The Morgan fingerprint density at radius 1 is 1.48 bits per heavy atom. The number of carboxylic acid groups (broad SMARTS) is 1. The quantitative estimate of drug-likeness (QED) is 0.784. The Labute approximate surface area is 128 Å². The number of carbonyl (C=O) groups is 1. The van der Waals surface area contributed by atoms with Crippen molar-refractivity contribution in [3.05, 3.63) is 35.5 Å². The summed E-state index contributed by atoms with van der Waals surface area (Å²) in [6, 6.07) is 5.19. The van der Waals surface area contributed by atoms with Gasteiger partial charge in [-0.15, -0.1) is 11.3 Å². The average molecular weight is 305 g/mol. The molecule has 0 saturated heterocycles. The molecule has 2 aromatic rings. The molecular weight excluding hydrogens is 286 g/mol. The molecule has 2 heterocycles. The molecule has 0 fully saturated rings. The molecule has 2 rings (SSSR count). The first-order valence-corrected chi connectivity index (χ1v) is 7.90. The van der Waals surface area contributed by atoms with E-state index in [9.17, 15) is 9.90 Å². The van der Waals surface area contributed by atoms with Crippen molar-refractivity contribution in [3.8, 4) is 10.7 Å². The van der Waals surface area contributed by atoms with Gasteiger partial charge >= 0.3 is 5.97 Å². The highest BCUT2D eigenvalue weighted by atomic mass is 32.1. The molecule has 1 atom stereocenters. The smallest absolute Gasteiger partial charge is 0.320 e. The van der Waals surface area contributed by atoms with E-state index in [1.54, 1.807) is 6.20 Å². The summed E-state index contributed by atoms with van der Waals surface area (Å²) in [6.07, 6.45) is 4.27. The molecular formula is C15H19N3O2S. The first kappa shape index (κ1) is 15.6. The van der Waals surface area contributed by atoms with Crippen LogP contribution < -0.4 is 5.32 Å². The molecule has 2 N–H and O–H groups in total. The number of unbranched alkanes of at least 4 members (excludes halogenated alkanes) is 1. The Balaban J connectivity index is 1.94. The first-order chi connectivity index (χ1) is 10.2. The van der Waals surface area contributed by atoms with E-state index in [2.05, 4.69) is 22.2 Å². The lowest BCUT2D eigenvalue weighted by molar-refractivity contribution is -0.139. The van der Waals surface area contributed by atoms with Gasteiger partial charge in [-0.1, -0.05) is 25.8 Å². The first-order valence-electron chi connectivity index (χ1n) is 7.02. The molecule has 112 valence electrons. The molecule has 0 amide bonds. The van der Waals surface area contributed by atoms with Crippen LogP contribution in [0.15, 0.2) is 29.8 Å². The number of aliphatic carboxylic acids is 1. The summed E-state index contributed by atoms with van der Waals surface area (Å²) in [5, 5.41) is 15.0. The van der Waals surface area contributed by atoms with Gasteiger partial charge in [0, 0.05) is 18.1 Å². The summed E-state index contributed by atoms with van der Waals surface area (Å²) in [4.78, 5) is 19.9. The lowest BCUT2D eigenvalue weighted by Gasteiger charge is -2.12. The summed E-state index contributed by atoms with van der Waals surface area (Å²) in [5.41, 5.74) is 1.69. The third-order valence-electron chi connectivity index (χ3n) is 3.11. The zero-order chi connectivity index (χ0) is 15.1. The molecule has 0 saturated carbocycles. The standard InChI is InChI=1S/C15H19N3O2S/c1-2-3-6-13(15(19)20)17-9-11-10-21-14(18-11)12-7-4-5-8-16-12/h4-5,7-8,10,13,17H,2-3,6,9H2,1H3,(H,19,20)/t13-/m0/s1. The van der Waals surface area contributed by atoms with Crippen molar-refractivity contribution in [2.45, 2.75) is 38.8 Å². The van der Waals surface area contributed by atoms with Crippen LogP contribution in [0.5, 0.6) is 0 Å². The minimum atomic E-state index is -0.802. The Hall–Kier alpha value is -1.79. The minimum absolute atomic E-state index is 0.462. The van der Waals surface area contributed by atoms with E-state index in [1.807, 2.05) is 23.6 Å². The van der Waals surface area contributed by atoms with Gasteiger partial charge in [0.1, 0.15) is 11.0 Å². The van der Waals surface area contributed by atoms with Crippen molar-refractivity contribution in [1.82, 2.24) is 15.3 Å². The lowest BCUT2D eigenvalue weighted by Crippen LogP contribution is -2.36. The van der Waals surface area contributed by atoms with E-state index in [0.717, 1.165) is 29.2 Å². The van der Waals surface area contributed by atoms with Crippen molar-refractivity contribution >= 4 is 17.3 Å². The van der Waals surface area contributed by atoms with Gasteiger partial charge in [-0.2, -0.15) is 0 Å². The highest BCUT2D eigenvalue weighted by Crippen LogP contribution is 2.21. The monoisotopic (exact) mass is 305 g/mol. The van der Waals surface area contributed by atoms with Gasteiger partial charge in [0.15, 0.2) is 0 Å². The van der Waals surface area contributed by atoms with Crippen LogP contribution in [0.1, 0.15) is 31.9 Å². The van der Waals surface area contributed by atoms with Crippen LogP contribution >= 0.6 is 11.3 Å². The Morgan fingerprint density at radius 3 is 3.00 bits per heavy atom. The number of pyridine rings is 1. The van der Waals surface area contributed by atoms with Crippen molar-refractivity contribution in [2.75, 3.05) is 0 Å². The third kappa shape index (κ3) is 4.61. The zero-order valence-corrected chi connectivity index (χ0v) is 12.8. The van der Waals surface area contributed by atoms with E-state index in [-0.39, 0.29) is 0 Å². The van der Waals surface area contributed by atoms with E-state index in [4.69, 9.17) is 0 Å². The maximum atomic E-state index is 11.2. The fourth-order valence-corrected chi connectivity index (χ4v) is 2.74. The summed E-state index contributed by atoms with van der Waals surface area (Å²) in [7, 11) is 0. The van der Waals surface area contributed by atoms with E-state index >= 15 is 0 Å². The Bertz CT molecular complexity index is 571. The molecule has 0 aliphatic rings. The SMILES string of the molecule is CCCC[C@H](NCc1csc(-c2ccccn2)n1)C(=O)O. The number of nitrogens with one attached hydrogen (secondary N) is 1. The Morgan fingerprint density at radius 2 is 2.33 bits per heavy atom. The molecule has 0 aliphatic carbocycles. The van der Waals surface area contributed by atoms with Gasteiger partial charge in [-0.25, -0.2) is 4.98 Å². The second kappa shape index (κ2) is 7.85. The predicted octanol–water partition coefficient (Wildman–Crippen LogP) is 2.94. The van der Waals surface area contributed by atoms with Gasteiger partial charge in [-0.05, 0) is 18.6 Å². The molecule has 0 radical (unpaired) electrons. The third-order valence-corrected chi connectivity index (χ3v) is 4.02. The van der Waals surface area contributed by atoms with Crippen LogP contribution in [-0.4, -0.2) is 27.1 Å². The summed E-state index contributed by atoms with van der Waals surface area (Å²) in [5.74, 6) is -0.802. The molecule has 0 spiro atoms. The molecule has 2 aromatic heterocycles. The number of nitrogens with zero attached hydrogens (tertiary/aromatic N) is 2. The molecule has 6 heteroatoms. The lowest BCUT2D eigenvalue weighted by atomic mass is 10.1. The molecule has 0 bridgehead atoms.